The first-order chi connectivity index (χ1) is 11.3. The number of rotatable bonds is 3. The van der Waals surface area contributed by atoms with Gasteiger partial charge in [-0.3, -0.25) is 9.78 Å². The van der Waals surface area contributed by atoms with Gasteiger partial charge in [0.2, 0.25) is 0 Å². The summed E-state index contributed by atoms with van der Waals surface area (Å²) in [6, 6.07) is 11.5. The van der Waals surface area contributed by atoms with Crippen LogP contribution in [0.5, 0.6) is 0 Å². The second-order valence-electron chi connectivity index (χ2n) is 5.97. The quantitative estimate of drug-likeness (QED) is 0.922. The molecule has 0 bridgehead atoms. The Balaban J connectivity index is 1.79. The third kappa shape index (κ3) is 4.09. The number of aromatic nitrogens is 1. The van der Waals surface area contributed by atoms with Crippen LogP contribution in [0.25, 0.3) is 0 Å². The first-order valence-corrected chi connectivity index (χ1v) is 8.40. The molecule has 23 heavy (non-hydrogen) atoms. The van der Waals surface area contributed by atoms with Gasteiger partial charge in [0.1, 0.15) is 0 Å². The minimum Gasteiger partial charge on any atom is -0.355 e. The van der Waals surface area contributed by atoms with E-state index in [2.05, 4.69) is 10.3 Å². The highest BCUT2D eigenvalue weighted by Gasteiger charge is 2.19. The standard InChI is InChI=1S/C19H23N3O/c23-19(22-14-6-2-1-3-7-15-22)17-8-4-5-9-18(17)21-16-10-12-20-13-11-16/h4-5,8-13H,1-3,6-7,14-15H2,(H,20,21). The van der Waals surface area contributed by atoms with E-state index in [1.54, 1.807) is 12.4 Å². The molecular formula is C19H23N3O. The Morgan fingerprint density at radius 3 is 2.30 bits per heavy atom. The van der Waals surface area contributed by atoms with Crippen LogP contribution in [0, 0.1) is 0 Å². The predicted octanol–water partition coefficient (Wildman–Crippen LogP) is 4.23. The van der Waals surface area contributed by atoms with E-state index in [4.69, 9.17) is 0 Å². The molecule has 1 aromatic heterocycles. The molecule has 120 valence electrons. The van der Waals surface area contributed by atoms with Crippen LogP contribution in [0.2, 0.25) is 0 Å². The second kappa shape index (κ2) is 7.77. The van der Waals surface area contributed by atoms with Crippen molar-refractivity contribution in [3.63, 3.8) is 0 Å². The van der Waals surface area contributed by atoms with Gasteiger partial charge in [-0.1, -0.05) is 31.4 Å². The fourth-order valence-electron chi connectivity index (χ4n) is 2.99. The zero-order valence-electron chi connectivity index (χ0n) is 13.4. The molecule has 1 aromatic carbocycles. The minimum atomic E-state index is 0.129. The van der Waals surface area contributed by atoms with Crippen molar-refractivity contribution in [3.05, 3.63) is 54.4 Å². The number of amides is 1. The summed E-state index contributed by atoms with van der Waals surface area (Å²) in [4.78, 5) is 19.0. The lowest BCUT2D eigenvalue weighted by Crippen LogP contribution is -2.34. The SMILES string of the molecule is O=C(c1ccccc1Nc1ccncc1)N1CCCCCCC1. The molecule has 0 aliphatic carbocycles. The molecule has 1 N–H and O–H groups in total. The van der Waals surface area contributed by atoms with Crippen LogP contribution in [0.3, 0.4) is 0 Å². The highest BCUT2D eigenvalue weighted by atomic mass is 16.2. The average Bonchev–Trinajstić information content (AvgIpc) is 2.55. The van der Waals surface area contributed by atoms with E-state index >= 15 is 0 Å². The van der Waals surface area contributed by atoms with Crippen molar-refractivity contribution in [3.8, 4) is 0 Å². The molecule has 2 aromatic rings. The van der Waals surface area contributed by atoms with E-state index < -0.39 is 0 Å². The Morgan fingerprint density at radius 1 is 0.913 bits per heavy atom. The molecule has 0 unspecified atom stereocenters. The van der Waals surface area contributed by atoms with E-state index in [0.717, 1.165) is 42.9 Å². The third-order valence-electron chi connectivity index (χ3n) is 4.26. The molecule has 4 nitrogen and oxygen atoms in total. The van der Waals surface area contributed by atoms with Gasteiger partial charge in [-0.05, 0) is 37.1 Å². The fraction of sp³-hybridized carbons (Fsp3) is 0.368. The van der Waals surface area contributed by atoms with E-state index in [1.807, 2.05) is 41.3 Å². The number of benzene rings is 1. The molecule has 1 aliphatic rings. The van der Waals surface area contributed by atoms with Gasteiger partial charge in [0.05, 0.1) is 11.3 Å². The number of likely N-dealkylation sites (tertiary alicyclic amines) is 1. The molecule has 0 radical (unpaired) electrons. The third-order valence-corrected chi connectivity index (χ3v) is 4.26. The molecule has 2 heterocycles. The van der Waals surface area contributed by atoms with Crippen LogP contribution >= 0.6 is 0 Å². The number of nitrogens with one attached hydrogen (secondary N) is 1. The van der Waals surface area contributed by atoms with Crippen molar-refractivity contribution in [2.75, 3.05) is 18.4 Å². The summed E-state index contributed by atoms with van der Waals surface area (Å²) < 4.78 is 0. The van der Waals surface area contributed by atoms with Crippen molar-refractivity contribution in [2.45, 2.75) is 32.1 Å². The number of carbonyl (C=O) groups excluding carboxylic acids is 1. The van der Waals surface area contributed by atoms with E-state index in [0.29, 0.717) is 0 Å². The Labute approximate surface area is 137 Å². The van der Waals surface area contributed by atoms with E-state index in [-0.39, 0.29) is 5.91 Å². The van der Waals surface area contributed by atoms with Crippen LogP contribution < -0.4 is 5.32 Å². The molecule has 0 atom stereocenters. The number of hydrogen-bond acceptors (Lipinski definition) is 3. The lowest BCUT2D eigenvalue weighted by atomic mass is 10.1. The van der Waals surface area contributed by atoms with Crippen LogP contribution in [-0.4, -0.2) is 28.9 Å². The average molecular weight is 309 g/mol. The smallest absolute Gasteiger partial charge is 0.255 e. The first-order valence-electron chi connectivity index (χ1n) is 8.40. The van der Waals surface area contributed by atoms with Crippen molar-refractivity contribution >= 4 is 17.3 Å². The Bertz CT molecular complexity index is 634. The maximum absolute atomic E-state index is 12.9. The van der Waals surface area contributed by atoms with Gasteiger partial charge in [-0.15, -0.1) is 0 Å². The lowest BCUT2D eigenvalue weighted by molar-refractivity contribution is 0.0743. The number of para-hydroxylation sites is 1. The molecule has 0 saturated carbocycles. The first kappa shape index (κ1) is 15.5. The van der Waals surface area contributed by atoms with Gasteiger partial charge in [0, 0.05) is 31.2 Å². The molecule has 1 aliphatic heterocycles. The highest BCUT2D eigenvalue weighted by Crippen LogP contribution is 2.23. The zero-order valence-corrected chi connectivity index (χ0v) is 13.4. The Kier molecular flexibility index (Phi) is 5.25. The predicted molar refractivity (Wildman–Crippen MR) is 93.0 cm³/mol. The van der Waals surface area contributed by atoms with E-state index in [9.17, 15) is 4.79 Å². The minimum absolute atomic E-state index is 0.129. The molecular weight excluding hydrogens is 286 g/mol. The molecule has 0 spiro atoms. The Hall–Kier alpha value is -2.36. The molecule has 4 heteroatoms. The number of pyridine rings is 1. The van der Waals surface area contributed by atoms with Gasteiger partial charge < -0.3 is 10.2 Å². The van der Waals surface area contributed by atoms with Gasteiger partial charge >= 0.3 is 0 Å². The van der Waals surface area contributed by atoms with E-state index in [1.165, 1.54) is 19.3 Å². The fourth-order valence-corrected chi connectivity index (χ4v) is 2.99. The summed E-state index contributed by atoms with van der Waals surface area (Å²) in [5, 5.41) is 3.33. The summed E-state index contributed by atoms with van der Waals surface area (Å²) in [6.45, 7) is 1.73. The largest absolute Gasteiger partial charge is 0.355 e. The highest BCUT2D eigenvalue weighted by molar-refractivity contribution is 6.00. The molecule has 3 rings (SSSR count). The van der Waals surface area contributed by atoms with Crippen molar-refractivity contribution < 1.29 is 4.79 Å². The van der Waals surface area contributed by atoms with Crippen LogP contribution in [0.4, 0.5) is 11.4 Å². The number of anilines is 2. The van der Waals surface area contributed by atoms with Crippen molar-refractivity contribution in [1.29, 1.82) is 0 Å². The van der Waals surface area contributed by atoms with Crippen molar-refractivity contribution in [1.82, 2.24) is 9.88 Å². The lowest BCUT2D eigenvalue weighted by Gasteiger charge is -2.26. The summed E-state index contributed by atoms with van der Waals surface area (Å²) >= 11 is 0. The van der Waals surface area contributed by atoms with Crippen molar-refractivity contribution in [2.24, 2.45) is 0 Å². The maximum Gasteiger partial charge on any atom is 0.255 e. The summed E-state index contributed by atoms with van der Waals surface area (Å²) in [7, 11) is 0. The summed E-state index contributed by atoms with van der Waals surface area (Å²) in [6.07, 6.45) is 9.43. The van der Waals surface area contributed by atoms with Gasteiger partial charge in [0.25, 0.3) is 5.91 Å². The number of carbonyl (C=O) groups is 1. The van der Waals surface area contributed by atoms with Gasteiger partial charge in [-0.25, -0.2) is 0 Å². The topological polar surface area (TPSA) is 45.2 Å². The molecule has 1 saturated heterocycles. The molecule has 1 amide bonds. The zero-order chi connectivity index (χ0) is 15.9. The number of nitrogens with zero attached hydrogens (tertiary/aromatic N) is 2. The maximum atomic E-state index is 12.9. The summed E-state index contributed by atoms with van der Waals surface area (Å²) in [5.41, 5.74) is 2.53. The van der Waals surface area contributed by atoms with Gasteiger partial charge in [-0.2, -0.15) is 0 Å². The summed E-state index contributed by atoms with van der Waals surface area (Å²) in [5.74, 6) is 0.129. The monoisotopic (exact) mass is 309 g/mol. The second-order valence-corrected chi connectivity index (χ2v) is 5.97. The molecule has 1 fully saturated rings. The normalized spacial score (nSPS) is 15.6. The van der Waals surface area contributed by atoms with Crippen LogP contribution in [0.1, 0.15) is 42.5 Å². The van der Waals surface area contributed by atoms with Crippen LogP contribution in [-0.2, 0) is 0 Å². The Morgan fingerprint density at radius 2 is 1.57 bits per heavy atom. The van der Waals surface area contributed by atoms with Crippen LogP contribution in [0.15, 0.2) is 48.8 Å². The van der Waals surface area contributed by atoms with Gasteiger partial charge in [0.15, 0.2) is 0 Å². The number of hydrogen-bond donors (Lipinski definition) is 1.